The Morgan fingerprint density at radius 2 is 1.71 bits per heavy atom. The summed E-state index contributed by atoms with van der Waals surface area (Å²) in [5.74, 6) is -1.53. The van der Waals surface area contributed by atoms with Gasteiger partial charge in [-0.25, -0.2) is 13.6 Å². The second kappa shape index (κ2) is 7.27. The van der Waals surface area contributed by atoms with Gasteiger partial charge in [-0.3, -0.25) is 0 Å². The van der Waals surface area contributed by atoms with Crippen LogP contribution in [0.25, 0.3) is 0 Å². The zero-order valence-electron chi connectivity index (χ0n) is 12.9. The molecule has 1 saturated heterocycles. The van der Waals surface area contributed by atoms with Crippen LogP contribution in [0.15, 0.2) is 42.5 Å². The lowest BCUT2D eigenvalue weighted by Gasteiger charge is -2.30. The number of ether oxygens (including phenoxy) is 1. The van der Waals surface area contributed by atoms with Gasteiger partial charge in [0, 0.05) is 19.2 Å². The largest absolute Gasteiger partial charge is 0.378 e. The van der Waals surface area contributed by atoms with E-state index in [0.717, 1.165) is 30.9 Å². The first-order valence-corrected chi connectivity index (χ1v) is 7.58. The minimum Gasteiger partial charge on any atom is -0.378 e. The van der Waals surface area contributed by atoms with E-state index in [4.69, 9.17) is 4.74 Å². The Hall–Kier alpha value is -2.67. The van der Waals surface area contributed by atoms with Crippen LogP contribution >= 0.6 is 0 Å². The molecule has 1 aliphatic heterocycles. The minimum atomic E-state index is -0.827. The Morgan fingerprint density at radius 3 is 2.46 bits per heavy atom. The van der Waals surface area contributed by atoms with E-state index >= 15 is 0 Å². The first kappa shape index (κ1) is 16.2. The number of para-hydroxylation sites is 2. The summed E-state index contributed by atoms with van der Waals surface area (Å²) in [6.45, 7) is 2.71. The maximum atomic E-state index is 13.6. The number of hydrogen-bond acceptors (Lipinski definition) is 3. The molecule has 5 nitrogen and oxygen atoms in total. The van der Waals surface area contributed by atoms with E-state index in [2.05, 4.69) is 15.5 Å². The fourth-order valence-corrected chi connectivity index (χ4v) is 2.53. The molecule has 126 valence electrons. The Kier molecular flexibility index (Phi) is 4.90. The van der Waals surface area contributed by atoms with Crippen molar-refractivity contribution in [1.29, 1.82) is 0 Å². The molecule has 0 bridgehead atoms. The van der Waals surface area contributed by atoms with Gasteiger partial charge in [-0.1, -0.05) is 12.1 Å². The Balaban J connectivity index is 1.72. The summed E-state index contributed by atoms with van der Waals surface area (Å²) in [6.07, 6.45) is 0. The highest BCUT2D eigenvalue weighted by Gasteiger charge is 2.16. The van der Waals surface area contributed by atoms with Gasteiger partial charge in [0.25, 0.3) is 0 Å². The van der Waals surface area contributed by atoms with Crippen LogP contribution in [0.3, 0.4) is 0 Å². The van der Waals surface area contributed by atoms with Crippen molar-refractivity contribution in [3.8, 4) is 0 Å². The van der Waals surface area contributed by atoms with E-state index in [-0.39, 0.29) is 5.69 Å². The summed E-state index contributed by atoms with van der Waals surface area (Å²) in [5, 5.41) is 5.09. The van der Waals surface area contributed by atoms with Gasteiger partial charge in [-0.05, 0) is 24.3 Å². The van der Waals surface area contributed by atoms with Crippen molar-refractivity contribution in [3.63, 3.8) is 0 Å². The quantitative estimate of drug-likeness (QED) is 0.905. The zero-order chi connectivity index (χ0) is 16.9. The van der Waals surface area contributed by atoms with Crippen molar-refractivity contribution in [2.24, 2.45) is 0 Å². The second-order valence-corrected chi connectivity index (χ2v) is 5.32. The first-order chi connectivity index (χ1) is 11.6. The van der Waals surface area contributed by atoms with Crippen LogP contribution in [0.2, 0.25) is 0 Å². The van der Waals surface area contributed by atoms with Gasteiger partial charge in [0.15, 0.2) is 0 Å². The van der Waals surface area contributed by atoms with Crippen LogP contribution in [0.1, 0.15) is 0 Å². The van der Waals surface area contributed by atoms with Crippen molar-refractivity contribution in [1.82, 2.24) is 0 Å². The highest BCUT2D eigenvalue weighted by atomic mass is 19.1. The fraction of sp³-hybridized carbons (Fsp3) is 0.235. The third-order valence-electron chi connectivity index (χ3n) is 3.68. The maximum absolute atomic E-state index is 13.6. The number of nitrogens with zero attached hydrogens (tertiary/aromatic N) is 1. The molecule has 1 fully saturated rings. The molecule has 2 aromatic carbocycles. The fourth-order valence-electron chi connectivity index (χ4n) is 2.53. The Morgan fingerprint density at radius 1 is 1.00 bits per heavy atom. The summed E-state index contributed by atoms with van der Waals surface area (Å²) in [7, 11) is 0. The van der Waals surface area contributed by atoms with E-state index in [0.29, 0.717) is 18.9 Å². The molecule has 2 N–H and O–H groups in total. The molecule has 0 aliphatic carbocycles. The number of halogens is 2. The van der Waals surface area contributed by atoms with Crippen molar-refractivity contribution < 1.29 is 18.3 Å². The molecule has 24 heavy (non-hydrogen) atoms. The number of amides is 2. The number of carbonyl (C=O) groups is 1. The predicted molar refractivity (Wildman–Crippen MR) is 88.5 cm³/mol. The van der Waals surface area contributed by atoms with E-state index in [1.165, 1.54) is 6.07 Å². The number of morpholine rings is 1. The molecule has 7 heteroatoms. The van der Waals surface area contributed by atoms with E-state index in [1.807, 2.05) is 12.1 Å². The van der Waals surface area contributed by atoms with Gasteiger partial charge in [0.1, 0.15) is 11.6 Å². The van der Waals surface area contributed by atoms with Crippen molar-refractivity contribution in [2.75, 3.05) is 41.8 Å². The summed E-state index contributed by atoms with van der Waals surface area (Å²) in [6, 6.07) is 9.74. The second-order valence-electron chi connectivity index (χ2n) is 5.32. The number of urea groups is 1. The summed E-state index contributed by atoms with van der Waals surface area (Å²) in [4.78, 5) is 14.2. The smallest absolute Gasteiger partial charge is 0.323 e. The van der Waals surface area contributed by atoms with Gasteiger partial charge in [-0.2, -0.15) is 0 Å². The SMILES string of the molecule is O=C(Nc1ccc(F)cc1F)Nc1ccccc1N1CCOCC1. The number of hydrogen-bond donors (Lipinski definition) is 2. The summed E-state index contributed by atoms with van der Waals surface area (Å²) < 4.78 is 31.9. The third kappa shape index (κ3) is 3.80. The van der Waals surface area contributed by atoms with Crippen molar-refractivity contribution in [2.45, 2.75) is 0 Å². The number of anilines is 3. The summed E-state index contributed by atoms with van der Waals surface area (Å²) >= 11 is 0. The number of rotatable bonds is 3. The molecule has 0 saturated carbocycles. The molecule has 1 heterocycles. The van der Waals surface area contributed by atoms with Crippen LogP contribution in [0, 0.1) is 11.6 Å². The van der Waals surface area contributed by atoms with E-state index in [9.17, 15) is 13.6 Å². The van der Waals surface area contributed by atoms with Crippen molar-refractivity contribution >= 4 is 23.1 Å². The predicted octanol–water partition coefficient (Wildman–Crippen LogP) is 3.45. The van der Waals surface area contributed by atoms with Crippen LogP contribution in [0.5, 0.6) is 0 Å². The number of nitrogens with one attached hydrogen (secondary N) is 2. The van der Waals surface area contributed by atoms with E-state index < -0.39 is 17.7 Å². The maximum Gasteiger partial charge on any atom is 0.323 e. The molecule has 2 amide bonds. The molecule has 0 radical (unpaired) electrons. The van der Waals surface area contributed by atoms with Crippen LogP contribution in [0.4, 0.5) is 30.6 Å². The monoisotopic (exact) mass is 333 g/mol. The van der Waals surface area contributed by atoms with Crippen molar-refractivity contribution in [3.05, 3.63) is 54.1 Å². The molecule has 0 atom stereocenters. The van der Waals surface area contributed by atoms with Gasteiger partial charge in [0.05, 0.1) is 30.3 Å². The van der Waals surface area contributed by atoms with E-state index in [1.54, 1.807) is 12.1 Å². The highest BCUT2D eigenvalue weighted by molar-refractivity contribution is 6.01. The lowest BCUT2D eigenvalue weighted by atomic mass is 10.2. The lowest BCUT2D eigenvalue weighted by molar-refractivity contribution is 0.123. The molecular weight excluding hydrogens is 316 g/mol. The van der Waals surface area contributed by atoms with Gasteiger partial charge >= 0.3 is 6.03 Å². The van der Waals surface area contributed by atoms with Crippen LogP contribution in [-0.4, -0.2) is 32.3 Å². The minimum absolute atomic E-state index is 0.0854. The molecule has 0 unspecified atom stereocenters. The third-order valence-corrected chi connectivity index (χ3v) is 3.68. The normalized spacial score (nSPS) is 14.3. The molecule has 0 spiro atoms. The molecule has 2 aromatic rings. The number of benzene rings is 2. The number of carbonyl (C=O) groups excluding carboxylic acids is 1. The average molecular weight is 333 g/mol. The topological polar surface area (TPSA) is 53.6 Å². The molecule has 3 rings (SSSR count). The summed E-state index contributed by atoms with van der Waals surface area (Å²) in [5.41, 5.74) is 1.40. The highest BCUT2D eigenvalue weighted by Crippen LogP contribution is 2.26. The lowest BCUT2D eigenvalue weighted by Crippen LogP contribution is -2.37. The van der Waals surface area contributed by atoms with Gasteiger partial charge < -0.3 is 20.3 Å². The van der Waals surface area contributed by atoms with Gasteiger partial charge in [0.2, 0.25) is 0 Å². The van der Waals surface area contributed by atoms with Gasteiger partial charge in [-0.15, -0.1) is 0 Å². The molecular formula is C17H17F2N3O2. The Bertz CT molecular complexity index is 734. The molecule has 1 aliphatic rings. The first-order valence-electron chi connectivity index (χ1n) is 7.58. The average Bonchev–Trinajstić information content (AvgIpc) is 2.59. The molecule has 0 aromatic heterocycles. The van der Waals surface area contributed by atoms with Crippen LogP contribution < -0.4 is 15.5 Å². The standard InChI is InChI=1S/C17H17F2N3O2/c18-12-5-6-14(13(19)11-12)20-17(23)21-15-3-1-2-4-16(15)22-7-9-24-10-8-22/h1-6,11H,7-10H2,(H2,20,21,23). The zero-order valence-corrected chi connectivity index (χ0v) is 12.9. The Labute approximate surface area is 138 Å². The van der Waals surface area contributed by atoms with Crippen LogP contribution in [-0.2, 0) is 4.74 Å².